The Labute approximate surface area is 168 Å². The number of carbonyl (C=O) groups is 1. The predicted molar refractivity (Wildman–Crippen MR) is 101 cm³/mol. The molecule has 2 heterocycles. The minimum Gasteiger partial charge on any atom is -0.445 e. The number of benzene rings is 1. The van der Waals surface area contributed by atoms with E-state index >= 15 is 0 Å². The van der Waals surface area contributed by atoms with Crippen LogP contribution in [0, 0.1) is 17.1 Å². The van der Waals surface area contributed by atoms with Crippen molar-refractivity contribution >= 4 is 6.09 Å². The highest BCUT2D eigenvalue weighted by molar-refractivity contribution is 5.68. The molecule has 2 N–H and O–H groups in total. The van der Waals surface area contributed by atoms with Gasteiger partial charge in [-0.2, -0.15) is 5.26 Å². The van der Waals surface area contributed by atoms with Gasteiger partial charge in [-0.1, -0.05) is 12.1 Å². The van der Waals surface area contributed by atoms with Gasteiger partial charge in [0.2, 0.25) is 0 Å². The highest BCUT2D eigenvalue weighted by atomic mass is 19.1. The number of nitrogens with one attached hydrogen (secondary N) is 2. The van der Waals surface area contributed by atoms with Gasteiger partial charge >= 0.3 is 6.09 Å². The highest BCUT2D eigenvalue weighted by Gasteiger charge is 2.38. The van der Waals surface area contributed by atoms with Gasteiger partial charge < -0.3 is 15.4 Å². The lowest BCUT2D eigenvalue weighted by Crippen LogP contribution is -2.43. The summed E-state index contributed by atoms with van der Waals surface area (Å²) < 4.78 is 20.5. The van der Waals surface area contributed by atoms with Crippen molar-refractivity contribution < 1.29 is 13.9 Å². The zero-order valence-electron chi connectivity index (χ0n) is 15.9. The minimum atomic E-state index is -0.450. The van der Waals surface area contributed by atoms with E-state index in [0.29, 0.717) is 19.4 Å². The molecule has 4 rings (SSSR count). The lowest BCUT2D eigenvalue weighted by molar-refractivity contribution is 0.0784. The van der Waals surface area contributed by atoms with Crippen molar-refractivity contribution in [2.24, 2.45) is 0 Å². The number of nitrogens with zero attached hydrogens (tertiary/aromatic N) is 4. The number of aromatic nitrogens is 3. The summed E-state index contributed by atoms with van der Waals surface area (Å²) in [5.74, 6) is -0.0700. The van der Waals surface area contributed by atoms with Crippen LogP contribution in [-0.4, -0.2) is 46.1 Å². The van der Waals surface area contributed by atoms with Crippen LogP contribution in [0.1, 0.15) is 49.0 Å². The fourth-order valence-corrected chi connectivity index (χ4v) is 4.21. The molecule has 1 aromatic carbocycles. The molecule has 1 saturated carbocycles. The number of piperidine rings is 1. The standard InChI is InChI=1S/C20H23FN6O2/c21-15-5-3-13(4-6-15)14-8-17(18(9-14)27-12-24-19(10-22)26-27)25-20(28)29-16-2-1-7-23-11-16/h3-6,12,14,16-18,23H,1-2,7-9,11H2,(H,25,28). The van der Waals surface area contributed by atoms with Gasteiger partial charge in [-0.25, -0.2) is 18.9 Å². The summed E-state index contributed by atoms with van der Waals surface area (Å²) in [6.07, 6.45) is 4.11. The van der Waals surface area contributed by atoms with E-state index in [1.807, 2.05) is 6.07 Å². The lowest BCUT2D eigenvalue weighted by atomic mass is 9.97. The van der Waals surface area contributed by atoms with Gasteiger partial charge in [0.15, 0.2) is 0 Å². The van der Waals surface area contributed by atoms with Gasteiger partial charge in [-0.3, -0.25) is 0 Å². The molecule has 152 valence electrons. The Hall–Kier alpha value is -2.99. The molecular formula is C20H23FN6O2. The molecule has 8 nitrogen and oxygen atoms in total. The molecule has 2 aliphatic rings. The van der Waals surface area contributed by atoms with Crippen molar-refractivity contribution in [1.82, 2.24) is 25.4 Å². The third-order valence-electron chi connectivity index (χ3n) is 5.65. The van der Waals surface area contributed by atoms with Gasteiger partial charge in [-0.15, -0.1) is 5.10 Å². The van der Waals surface area contributed by atoms with Crippen LogP contribution in [0.15, 0.2) is 30.6 Å². The topological polar surface area (TPSA) is 105 Å². The van der Waals surface area contributed by atoms with Gasteiger partial charge in [0.25, 0.3) is 5.82 Å². The van der Waals surface area contributed by atoms with E-state index in [4.69, 9.17) is 10.00 Å². The van der Waals surface area contributed by atoms with Gasteiger partial charge in [0.1, 0.15) is 24.3 Å². The maximum absolute atomic E-state index is 13.3. The van der Waals surface area contributed by atoms with Crippen LogP contribution in [0.3, 0.4) is 0 Å². The van der Waals surface area contributed by atoms with E-state index in [0.717, 1.165) is 24.9 Å². The first-order valence-corrected chi connectivity index (χ1v) is 9.87. The van der Waals surface area contributed by atoms with Crippen LogP contribution < -0.4 is 10.6 Å². The quantitative estimate of drug-likeness (QED) is 0.819. The Morgan fingerprint density at radius 1 is 1.34 bits per heavy atom. The number of ether oxygens (including phenoxy) is 1. The molecule has 2 aromatic rings. The van der Waals surface area contributed by atoms with Crippen molar-refractivity contribution in [2.45, 2.75) is 49.8 Å². The summed E-state index contributed by atoms with van der Waals surface area (Å²) in [6.45, 7) is 1.60. The van der Waals surface area contributed by atoms with Gasteiger partial charge in [0, 0.05) is 6.54 Å². The summed E-state index contributed by atoms with van der Waals surface area (Å²) in [6, 6.07) is 7.95. The van der Waals surface area contributed by atoms with Gasteiger partial charge in [-0.05, 0) is 55.8 Å². The molecule has 29 heavy (non-hydrogen) atoms. The predicted octanol–water partition coefficient (Wildman–Crippen LogP) is 2.25. The monoisotopic (exact) mass is 398 g/mol. The van der Waals surface area contributed by atoms with Crippen LogP contribution in [0.2, 0.25) is 0 Å². The van der Waals surface area contributed by atoms with Crippen molar-refractivity contribution in [2.75, 3.05) is 13.1 Å². The highest BCUT2D eigenvalue weighted by Crippen LogP contribution is 2.41. The number of alkyl carbamates (subject to hydrolysis) is 1. The molecule has 1 aliphatic carbocycles. The van der Waals surface area contributed by atoms with Crippen molar-refractivity contribution in [3.05, 3.63) is 47.8 Å². The molecule has 0 radical (unpaired) electrons. The molecule has 1 aliphatic heterocycles. The van der Waals surface area contributed by atoms with Crippen LogP contribution in [0.25, 0.3) is 0 Å². The van der Waals surface area contributed by atoms with Crippen molar-refractivity contribution in [3.8, 4) is 6.07 Å². The van der Waals surface area contributed by atoms with Crippen molar-refractivity contribution in [1.29, 1.82) is 5.26 Å². The number of hydrogen-bond donors (Lipinski definition) is 2. The number of hydrogen-bond acceptors (Lipinski definition) is 6. The second kappa shape index (κ2) is 8.57. The zero-order valence-corrected chi connectivity index (χ0v) is 15.9. The summed E-state index contributed by atoms with van der Waals surface area (Å²) in [7, 11) is 0. The number of halogens is 1. The SMILES string of the molecule is N#Cc1ncn(C2CC(c3ccc(F)cc3)CC2NC(=O)OC2CCCNC2)n1. The number of carbonyl (C=O) groups excluding carboxylic acids is 1. The molecule has 1 saturated heterocycles. The lowest BCUT2D eigenvalue weighted by Gasteiger charge is -2.25. The zero-order chi connectivity index (χ0) is 20.2. The molecule has 2 fully saturated rings. The van der Waals surface area contributed by atoms with E-state index in [2.05, 4.69) is 20.7 Å². The first kappa shape index (κ1) is 19.3. The average Bonchev–Trinajstić information content (AvgIpc) is 3.36. The third-order valence-corrected chi connectivity index (χ3v) is 5.65. The Bertz CT molecular complexity index is 887. The van der Waals surface area contributed by atoms with Crippen LogP contribution in [0.4, 0.5) is 9.18 Å². The number of amides is 1. The Kier molecular flexibility index (Phi) is 5.71. The summed E-state index contributed by atoms with van der Waals surface area (Å²) in [5.41, 5.74) is 1.01. The maximum atomic E-state index is 13.3. The van der Waals surface area contributed by atoms with E-state index in [-0.39, 0.29) is 35.7 Å². The smallest absolute Gasteiger partial charge is 0.407 e. The number of rotatable bonds is 4. The molecule has 9 heteroatoms. The summed E-state index contributed by atoms with van der Waals surface area (Å²) in [4.78, 5) is 16.5. The Morgan fingerprint density at radius 2 is 2.17 bits per heavy atom. The fourth-order valence-electron chi connectivity index (χ4n) is 4.21. The molecule has 1 amide bonds. The summed E-state index contributed by atoms with van der Waals surface area (Å²) >= 11 is 0. The molecule has 0 bridgehead atoms. The first-order chi connectivity index (χ1) is 14.1. The molecule has 4 atom stereocenters. The second-order valence-electron chi connectivity index (χ2n) is 7.57. The van der Waals surface area contributed by atoms with E-state index in [1.54, 1.807) is 16.8 Å². The normalized spacial score (nSPS) is 26.6. The van der Waals surface area contributed by atoms with E-state index in [1.165, 1.54) is 18.5 Å². The Balaban J connectivity index is 1.49. The number of nitriles is 1. The van der Waals surface area contributed by atoms with Crippen LogP contribution in [-0.2, 0) is 4.74 Å². The minimum absolute atomic E-state index is 0.0878. The summed E-state index contributed by atoms with van der Waals surface area (Å²) in [5, 5.41) is 19.4. The Morgan fingerprint density at radius 3 is 2.86 bits per heavy atom. The van der Waals surface area contributed by atoms with Crippen LogP contribution >= 0.6 is 0 Å². The van der Waals surface area contributed by atoms with E-state index in [9.17, 15) is 9.18 Å². The van der Waals surface area contributed by atoms with Crippen molar-refractivity contribution in [3.63, 3.8) is 0 Å². The molecule has 4 unspecified atom stereocenters. The maximum Gasteiger partial charge on any atom is 0.407 e. The first-order valence-electron chi connectivity index (χ1n) is 9.87. The fraction of sp³-hybridized carbons (Fsp3) is 0.500. The van der Waals surface area contributed by atoms with Crippen LogP contribution in [0.5, 0.6) is 0 Å². The molecule has 1 aromatic heterocycles. The third kappa shape index (κ3) is 4.54. The van der Waals surface area contributed by atoms with E-state index < -0.39 is 6.09 Å². The van der Waals surface area contributed by atoms with Gasteiger partial charge in [0.05, 0.1) is 12.1 Å². The molecule has 0 spiro atoms. The average molecular weight is 398 g/mol. The second-order valence-corrected chi connectivity index (χ2v) is 7.57. The largest absolute Gasteiger partial charge is 0.445 e. The molecular weight excluding hydrogens is 375 g/mol.